The van der Waals surface area contributed by atoms with Crippen molar-refractivity contribution < 1.29 is 27.5 Å². The van der Waals surface area contributed by atoms with Gasteiger partial charge in [-0.05, 0) is 61.7 Å². The zero-order chi connectivity index (χ0) is 29.8. The molecule has 0 spiro atoms. The largest absolute Gasteiger partial charge is 0.415 e. The number of piperidine rings is 1. The van der Waals surface area contributed by atoms with Crippen LogP contribution < -0.4 is 9.64 Å². The fraction of sp³-hybridized carbons (Fsp3) is 0.367. The molecule has 2 fully saturated rings. The van der Waals surface area contributed by atoms with Crippen molar-refractivity contribution in [1.29, 1.82) is 5.26 Å². The standard InChI is InChI=1S/C30H29F3N6O3/c1-2-39(30(41)42-23-6-4-21(31)5-7-23)27-18-38(17-24(27)20-3-8-25(32)26(33)13-20)29(40)19-9-11-37(12-10-19)28-16-35-22(14-34)15-36-28/h3-8,13,15-16,19,24,27H,2,9-12,17-18H2,1H3. The average Bonchev–Trinajstić information content (AvgIpc) is 3.45. The number of likely N-dealkylation sites (tertiary alicyclic amines) is 1. The normalized spacial score (nSPS) is 18.9. The van der Waals surface area contributed by atoms with E-state index in [0.29, 0.717) is 37.3 Å². The third kappa shape index (κ3) is 6.15. The first-order valence-electron chi connectivity index (χ1n) is 13.7. The summed E-state index contributed by atoms with van der Waals surface area (Å²) >= 11 is 0. The van der Waals surface area contributed by atoms with Crippen LogP contribution in [0.2, 0.25) is 0 Å². The molecule has 2 amide bonds. The molecule has 5 rings (SSSR count). The predicted octanol–water partition coefficient (Wildman–Crippen LogP) is 4.50. The van der Waals surface area contributed by atoms with Gasteiger partial charge >= 0.3 is 6.09 Å². The number of hydrogen-bond donors (Lipinski definition) is 0. The Hall–Kier alpha value is -4.66. The highest BCUT2D eigenvalue weighted by Crippen LogP contribution is 2.35. The van der Waals surface area contributed by atoms with Crippen molar-refractivity contribution in [3.05, 3.63) is 83.6 Å². The molecule has 0 radical (unpaired) electrons. The van der Waals surface area contributed by atoms with E-state index in [1.165, 1.54) is 41.4 Å². The molecule has 2 unspecified atom stereocenters. The van der Waals surface area contributed by atoms with Gasteiger partial charge in [-0.1, -0.05) is 6.07 Å². The lowest BCUT2D eigenvalue weighted by Crippen LogP contribution is -2.47. The first-order valence-corrected chi connectivity index (χ1v) is 13.7. The molecule has 0 saturated carbocycles. The van der Waals surface area contributed by atoms with Gasteiger partial charge < -0.3 is 19.4 Å². The minimum atomic E-state index is -1.01. The van der Waals surface area contributed by atoms with Crippen LogP contribution >= 0.6 is 0 Å². The summed E-state index contributed by atoms with van der Waals surface area (Å²) in [6.07, 6.45) is 3.41. The number of carbonyl (C=O) groups is 2. The van der Waals surface area contributed by atoms with Crippen LogP contribution in [0.4, 0.5) is 23.8 Å². The summed E-state index contributed by atoms with van der Waals surface area (Å²) in [4.78, 5) is 40.5. The fourth-order valence-electron chi connectivity index (χ4n) is 5.67. The molecule has 218 valence electrons. The summed E-state index contributed by atoms with van der Waals surface area (Å²) in [5, 5.41) is 8.95. The molecule has 2 aliphatic rings. The highest BCUT2D eigenvalue weighted by Gasteiger charge is 2.43. The number of aromatic nitrogens is 2. The minimum absolute atomic E-state index is 0.0707. The summed E-state index contributed by atoms with van der Waals surface area (Å²) in [5.41, 5.74) is 0.696. The lowest BCUT2D eigenvalue weighted by Gasteiger charge is -2.34. The molecular formula is C30H29F3N6O3. The van der Waals surface area contributed by atoms with Gasteiger partial charge in [-0.2, -0.15) is 5.26 Å². The van der Waals surface area contributed by atoms with Crippen molar-refractivity contribution in [1.82, 2.24) is 19.8 Å². The number of halogens is 3. The van der Waals surface area contributed by atoms with Gasteiger partial charge in [0.15, 0.2) is 17.3 Å². The number of nitriles is 1. The zero-order valence-corrected chi connectivity index (χ0v) is 22.9. The average molecular weight is 579 g/mol. The molecule has 2 atom stereocenters. The monoisotopic (exact) mass is 578 g/mol. The van der Waals surface area contributed by atoms with Gasteiger partial charge in [-0.3, -0.25) is 4.79 Å². The summed E-state index contributed by atoms with van der Waals surface area (Å²) in [7, 11) is 0. The Labute approximate surface area is 241 Å². The predicted molar refractivity (Wildman–Crippen MR) is 146 cm³/mol. The Morgan fingerprint density at radius 3 is 2.38 bits per heavy atom. The fourth-order valence-corrected chi connectivity index (χ4v) is 5.67. The lowest BCUT2D eigenvalue weighted by molar-refractivity contribution is -0.135. The zero-order valence-electron chi connectivity index (χ0n) is 22.9. The van der Waals surface area contributed by atoms with Gasteiger partial charge in [0.25, 0.3) is 0 Å². The number of carbonyl (C=O) groups excluding carboxylic acids is 2. The van der Waals surface area contributed by atoms with E-state index in [9.17, 15) is 22.8 Å². The molecule has 0 aliphatic carbocycles. The van der Waals surface area contributed by atoms with E-state index >= 15 is 0 Å². The Morgan fingerprint density at radius 1 is 1.02 bits per heavy atom. The smallest absolute Gasteiger partial charge is 0.410 e. The summed E-state index contributed by atoms with van der Waals surface area (Å²) < 4.78 is 46.9. The van der Waals surface area contributed by atoms with Crippen molar-refractivity contribution >= 4 is 17.8 Å². The van der Waals surface area contributed by atoms with Crippen LogP contribution in [0.15, 0.2) is 54.9 Å². The number of anilines is 1. The highest BCUT2D eigenvalue weighted by atomic mass is 19.2. The van der Waals surface area contributed by atoms with Crippen molar-refractivity contribution in [3.63, 3.8) is 0 Å². The van der Waals surface area contributed by atoms with E-state index in [0.717, 1.165) is 12.1 Å². The van der Waals surface area contributed by atoms with E-state index in [-0.39, 0.29) is 42.9 Å². The first-order chi connectivity index (χ1) is 20.3. The maximum atomic E-state index is 14.3. The topological polar surface area (TPSA) is 103 Å². The van der Waals surface area contributed by atoms with Gasteiger partial charge in [0.2, 0.25) is 5.91 Å². The van der Waals surface area contributed by atoms with Crippen LogP contribution in [0.3, 0.4) is 0 Å². The quantitative estimate of drug-likeness (QED) is 0.425. The summed E-state index contributed by atoms with van der Waals surface area (Å²) in [6, 6.07) is 10.0. The van der Waals surface area contributed by atoms with E-state index in [4.69, 9.17) is 10.00 Å². The molecule has 9 nitrogen and oxygen atoms in total. The van der Waals surface area contributed by atoms with Gasteiger partial charge in [-0.25, -0.2) is 27.9 Å². The molecule has 2 saturated heterocycles. The maximum Gasteiger partial charge on any atom is 0.415 e. The van der Waals surface area contributed by atoms with Crippen LogP contribution in [0.1, 0.15) is 36.9 Å². The van der Waals surface area contributed by atoms with Crippen molar-refractivity contribution in [2.24, 2.45) is 5.92 Å². The minimum Gasteiger partial charge on any atom is -0.410 e. The highest BCUT2D eigenvalue weighted by molar-refractivity contribution is 5.80. The van der Waals surface area contributed by atoms with Crippen molar-refractivity contribution in [2.75, 3.05) is 37.6 Å². The van der Waals surface area contributed by atoms with E-state index in [2.05, 4.69) is 9.97 Å². The van der Waals surface area contributed by atoms with Crippen molar-refractivity contribution in [2.45, 2.75) is 31.7 Å². The lowest BCUT2D eigenvalue weighted by atomic mass is 9.93. The molecule has 0 N–H and O–H groups in total. The number of amides is 2. The van der Waals surface area contributed by atoms with Crippen molar-refractivity contribution in [3.8, 4) is 11.8 Å². The number of benzene rings is 2. The molecule has 2 aliphatic heterocycles. The van der Waals surface area contributed by atoms with Crippen LogP contribution in [0.25, 0.3) is 0 Å². The number of ether oxygens (including phenoxy) is 1. The Bertz CT molecular complexity index is 1470. The number of rotatable bonds is 6. The third-order valence-electron chi connectivity index (χ3n) is 7.89. The van der Waals surface area contributed by atoms with E-state index < -0.39 is 35.5 Å². The molecular weight excluding hydrogens is 549 g/mol. The molecule has 2 aromatic carbocycles. The molecule has 12 heteroatoms. The van der Waals surface area contributed by atoms with Gasteiger partial charge in [0.1, 0.15) is 23.5 Å². The Morgan fingerprint density at radius 2 is 1.76 bits per heavy atom. The number of nitrogens with zero attached hydrogens (tertiary/aromatic N) is 6. The van der Waals surface area contributed by atoms with E-state index in [1.54, 1.807) is 18.0 Å². The molecule has 42 heavy (non-hydrogen) atoms. The summed E-state index contributed by atoms with van der Waals surface area (Å²) in [5.74, 6) is -2.49. The Balaban J connectivity index is 1.32. The van der Waals surface area contributed by atoms with Crippen LogP contribution in [0.5, 0.6) is 5.75 Å². The van der Waals surface area contributed by atoms with Gasteiger partial charge in [0, 0.05) is 44.6 Å². The van der Waals surface area contributed by atoms with Gasteiger partial charge in [-0.15, -0.1) is 0 Å². The Kier molecular flexibility index (Phi) is 8.56. The van der Waals surface area contributed by atoms with Gasteiger partial charge in [0.05, 0.1) is 18.4 Å². The van der Waals surface area contributed by atoms with Crippen LogP contribution in [-0.2, 0) is 4.79 Å². The summed E-state index contributed by atoms with van der Waals surface area (Å²) in [6.45, 7) is 3.56. The number of hydrogen-bond acceptors (Lipinski definition) is 7. The second-order valence-corrected chi connectivity index (χ2v) is 10.3. The molecule has 3 heterocycles. The van der Waals surface area contributed by atoms with Crippen LogP contribution in [0, 0.1) is 34.7 Å². The third-order valence-corrected chi connectivity index (χ3v) is 7.89. The second kappa shape index (κ2) is 12.5. The van der Waals surface area contributed by atoms with Crippen LogP contribution in [-0.4, -0.2) is 70.5 Å². The maximum absolute atomic E-state index is 14.3. The number of likely N-dealkylation sites (N-methyl/N-ethyl adjacent to an activating group) is 1. The van der Waals surface area contributed by atoms with E-state index in [1.807, 2.05) is 11.0 Å². The molecule has 3 aromatic rings. The molecule has 1 aromatic heterocycles. The SMILES string of the molecule is CCN(C(=O)Oc1ccc(F)cc1)C1CN(C(=O)C2CCN(c3cnc(C#N)cn3)CC2)CC1c1ccc(F)c(F)c1. The second-order valence-electron chi connectivity index (χ2n) is 10.3. The molecule has 0 bridgehead atoms. The first kappa shape index (κ1) is 28.9.